The van der Waals surface area contributed by atoms with Crippen molar-refractivity contribution in [2.24, 2.45) is 29.1 Å². The Balaban J connectivity index is -0.0000000254. The Morgan fingerprint density at radius 1 is 0.306 bits per heavy atom. The van der Waals surface area contributed by atoms with Crippen LogP contribution >= 0.6 is 0 Å². The maximum absolute atomic E-state index is 3.25. The van der Waals surface area contributed by atoms with Gasteiger partial charge in [-0.25, -0.2) is 0 Å². The number of nitrogens with zero attached hydrogens (tertiary/aromatic N) is 2. The molecule has 0 fully saturated rings. The molecular weight excluding hydrogens is 1380 g/mol. The summed E-state index contributed by atoms with van der Waals surface area (Å²) in [6.45, 7) is 55.3. The van der Waals surface area contributed by atoms with Gasteiger partial charge in [-0.15, -0.1) is 24.3 Å². The number of hydrogen-bond acceptors (Lipinski definition) is 2. The average molecular weight is 1480 g/mol. The van der Waals surface area contributed by atoms with E-state index < -0.39 is 0 Å². The minimum atomic E-state index is 0. The second-order valence-electron chi connectivity index (χ2n) is 12.6. The van der Waals surface area contributed by atoms with Crippen LogP contribution < -0.4 is 9.80 Å². The van der Waals surface area contributed by atoms with Gasteiger partial charge in [0.25, 0.3) is 0 Å². The molecular formula is C57H102Ar10N2Y3-4. The molecule has 0 heterocycles. The molecule has 3 radical (unpaired) electrons. The van der Waals surface area contributed by atoms with Gasteiger partial charge in [0.2, 0.25) is 0 Å². The van der Waals surface area contributed by atoms with Crippen LogP contribution in [-0.4, -0.2) is 13.1 Å². The fraction of sp³-hybridized carbons (Fsp3) is 0.579. The predicted octanol–water partition coefficient (Wildman–Crippen LogP) is 19.7. The molecule has 0 aliphatic carbocycles. The molecule has 0 saturated heterocycles. The summed E-state index contributed by atoms with van der Waals surface area (Å²) in [7, 11) is 2.01. The van der Waals surface area contributed by atoms with Crippen LogP contribution in [0.25, 0.3) is 0 Å². The summed E-state index contributed by atoms with van der Waals surface area (Å²) in [5.41, 5.74) is 4.77. The molecule has 4 aromatic carbocycles. The van der Waals surface area contributed by atoms with Gasteiger partial charge < -0.3 is 9.80 Å². The van der Waals surface area contributed by atoms with Crippen molar-refractivity contribution < 1.29 is 476 Å². The molecule has 2 nitrogen and oxygen atoms in total. The van der Waals surface area contributed by atoms with E-state index in [0.29, 0.717) is 11.5 Å². The number of anilines is 4. The van der Waals surface area contributed by atoms with Crippen LogP contribution in [0.15, 0.2) is 97.1 Å². The maximum Gasteiger partial charge on any atom is 0.0240 e. The van der Waals surface area contributed by atoms with Crippen LogP contribution in [-0.2, 0) is 98.1 Å². The summed E-state index contributed by atoms with van der Waals surface area (Å²) < 4.78 is 0. The molecule has 433 valence electrons. The summed E-state index contributed by atoms with van der Waals surface area (Å²) in [6.07, 6.45) is 0. The van der Waals surface area contributed by atoms with Crippen LogP contribution in [0.4, 0.5) is 22.7 Å². The Bertz CT molecular complexity index is 1190. The van der Waals surface area contributed by atoms with Gasteiger partial charge in [0.1, 0.15) is 0 Å². The van der Waals surface area contributed by atoms with Crippen molar-refractivity contribution in [2.45, 2.75) is 186 Å². The summed E-state index contributed by atoms with van der Waals surface area (Å²) >= 11 is 0. The second-order valence-corrected chi connectivity index (χ2v) is 12.6. The van der Waals surface area contributed by atoms with E-state index >= 15 is 0 Å². The Hall–Kier alpha value is 12.4. The summed E-state index contributed by atoms with van der Waals surface area (Å²) in [5.74, 6) is 3.08. The van der Waals surface area contributed by atoms with Crippen LogP contribution in [0, 0.1) is 431 Å². The normalized spacial score (nSPS) is 7.39. The number of rotatable bonds is 9. The van der Waals surface area contributed by atoms with E-state index in [1.807, 2.05) is 203 Å². The fourth-order valence-corrected chi connectivity index (χ4v) is 7.07. The van der Waals surface area contributed by atoms with Crippen LogP contribution in [0.1, 0.15) is 180 Å². The van der Waals surface area contributed by atoms with Crippen molar-refractivity contribution >= 4 is 22.7 Å². The first-order valence-corrected chi connectivity index (χ1v) is 23.8. The van der Waals surface area contributed by atoms with Crippen molar-refractivity contribution in [2.75, 3.05) is 16.8 Å². The number of hydrogen-bond donors (Lipinski definition) is 0. The van der Waals surface area contributed by atoms with E-state index in [1.54, 1.807) is 0 Å². The third-order valence-corrected chi connectivity index (χ3v) is 8.53. The minimum Gasteiger partial charge on any atom is -0.391 e. The third kappa shape index (κ3) is 69.9. The minimum absolute atomic E-state index is 0. The smallest absolute Gasteiger partial charge is 0.0240 e. The monoisotopic (exact) mass is 1480 g/mol. The molecule has 0 unspecified atom stereocenters. The van der Waals surface area contributed by atoms with E-state index in [0.717, 1.165) is 46.4 Å². The Labute approximate surface area is 830 Å². The van der Waals surface area contributed by atoms with E-state index in [2.05, 4.69) is 115 Å². The SMILES string of the molecule is CC.CC.CC.CC.CC.CC.CC.CC.CC(C)C(C(C)C)(C(C)C)C(C)C.CC(C)N(c1[c-]cccc1)c1[c-]cccc1.CN(c1[c-]cccc1)c1[c-]cccc1.[Ar].[Ar].[Ar].[Ar].[Ar].[Ar].[Ar].[Ar].[Ar].[Ar].[Y].[Y].[Y]. The first-order chi connectivity index (χ1) is 28.4. The molecule has 4 aromatic rings. The van der Waals surface area contributed by atoms with E-state index in [-0.39, 0.29) is 476 Å². The maximum atomic E-state index is 3.25. The van der Waals surface area contributed by atoms with E-state index in [4.69, 9.17) is 0 Å². The second kappa shape index (κ2) is 111. The van der Waals surface area contributed by atoms with Crippen LogP contribution in [0.5, 0.6) is 0 Å². The molecule has 0 saturated carbocycles. The van der Waals surface area contributed by atoms with Crippen molar-refractivity contribution in [3.8, 4) is 0 Å². The Kier molecular flexibility index (Phi) is 218. The number of benzene rings is 4. The molecule has 0 atom stereocenters. The molecule has 0 bridgehead atoms. The standard InChI is InChI=1S/C15H15N.C13H11N.C13H28.8C2H6.10Ar.3Y/c1-13(2)16(14-9-5-3-6-10-14)15-11-7-4-8-12-15;1-14(12-8-4-2-5-9-12)13-10-6-3-7-11-13;1-9(2)13(10(3)4,11(5)6)12(7)8;8*1-2;;;;;;;;;;;;;/h3-9,11,13H,1-2H3;2-8,10H,1H3;9-12H,1-8H3;8*1-2H3;;;;;;;;;;;;;/q2*-2;;;;;;;;;;;;;;;;;;;;;;. The quantitative estimate of drug-likeness (QED) is 0.154. The predicted molar refractivity (Wildman–Crippen MR) is 279 cm³/mol. The van der Waals surface area contributed by atoms with Gasteiger partial charge in [-0.1, -0.05) is 189 Å². The van der Waals surface area contributed by atoms with Gasteiger partial charge >= 0.3 is 0 Å². The fourth-order valence-electron chi connectivity index (χ4n) is 7.07. The average Bonchev–Trinajstić information content (AvgIpc) is 3.30. The molecule has 0 aliphatic rings. The van der Waals surface area contributed by atoms with Crippen molar-refractivity contribution in [3.63, 3.8) is 0 Å². The van der Waals surface area contributed by atoms with Crippen LogP contribution in [0.3, 0.4) is 0 Å². The van der Waals surface area contributed by atoms with E-state index in [9.17, 15) is 0 Å². The first-order valence-electron chi connectivity index (χ1n) is 23.8. The summed E-state index contributed by atoms with van der Waals surface area (Å²) in [4.78, 5) is 4.28. The van der Waals surface area contributed by atoms with Gasteiger partial charge in [0, 0.05) is 489 Å². The molecule has 0 aliphatic heterocycles. The van der Waals surface area contributed by atoms with Crippen molar-refractivity contribution in [3.05, 3.63) is 121 Å². The van der Waals surface area contributed by atoms with Crippen LogP contribution in [0.2, 0.25) is 0 Å². The summed E-state index contributed by atoms with van der Waals surface area (Å²) in [6, 6.07) is 45.1. The zero-order chi connectivity index (χ0) is 48.0. The van der Waals surface area contributed by atoms with Crippen molar-refractivity contribution in [1.82, 2.24) is 0 Å². The van der Waals surface area contributed by atoms with Crippen molar-refractivity contribution in [1.29, 1.82) is 0 Å². The van der Waals surface area contributed by atoms with E-state index in [1.165, 1.54) is 0 Å². The summed E-state index contributed by atoms with van der Waals surface area (Å²) in [5, 5.41) is 0. The first kappa shape index (κ1) is 142. The molecule has 0 aromatic heterocycles. The molecule has 0 amide bonds. The number of para-hydroxylation sites is 4. The zero-order valence-corrected chi connectivity index (χ0v) is 65.4. The Morgan fingerprint density at radius 2 is 0.472 bits per heavy atom. The zero-order valence-electron chi connectivity index (χ0n) is 49.8. The molecule has 0 spiro atoms. The third-order valence-electron chi connectivity index (χ3n) is 8.53. The van der Waals surface area contributed by atoms with Gasteiger partial charge in [-0.05, 0) is 42.9 Å². The van der Waals surface area contributed by atoms with Gasteiger partial charge in [-0.2, -0.15) is 97.1 Å². The van der Waals surface area contributed by atoms with Gasteiger partial charge in [0.15, 0.2) is 0 Å². The topological polar surface area (TPSA) is 6.48 Å². The molecule has 0 N–H and O–H groups in total. The largest absolute Gasteiger partial charge is 0.391 e. The van der Waals surface area contributed by atoms with Gasteiger partial charge in [0.05, 0.1) is 0 Å². The molecule has 4 rings (SSSR count). The molecule has 72 heavy (non-hydrogen) atoms. The molecule has 15 heteroatoms. The van der Waals surface area contributed by atoms with Gasteiger partial charge in [-0.3, -0.25) is 0 Å². The Morgan fingerprint density at radius 3 is 0.583 bits per heavy atom.